The molecule has 0 atom stereocenters. The molecule has 2 amide bonds. The topological polar surface area (TPSA) is 137 Å². The van der Waals surface area contributed by atoms with Crippen molar-refractivity contribution in [1.29, 1.82) is 0 Å². The van der Waals surface area contributed by atoms with Gasteiger partial charge in [0.15, 0.2) is 0 Å². The van der Waals surface area contributed by atoms with Crippen LogP contribution in [-0.2, 0) is 14.1 Å². The van der Waals surface area contributed by atoms with Crippen LogP contribution in [0.15, 0.2) is 30.6 Å². The number of amides is 2. The molecule has 1 aromatic carbocycles. The van der Waals surface area contributed by atoms with Gasteiger partial charge >= 0.3 is 0 Å². The highest BCUT2D eigenvalue weighted by molar-refractivity contribution is 6.12. The molecule has 0 aliphatic heterocycles. The van der Waals surface area contributed by atoms with Gasteiger partial charge in [0, 0.05) is 31.3 Å². The zero-order valence-corrected chi connectivity index (χ0v) is 16.3. The first-order chi connectivity index (χ1) is 13.7. The van der Waals surface area contributed by atoms with Crippen molar-refractivity contribution in [3.63, 3.8) is 0 Å². The molecule has 11 nitrogen and oxygen atoms in total. The normalized spacial score (nSPS) is 10.6. The minimum Gasteiger partial charge on any atom is -0.319 e. The Hall–Kier alpha value is -4.02. The Balaban J connectivity index is 1.87. The molecule has 11 heteroatoms. The summed E-state index contributed by atoms with van der Waals surface area (Å²) in [6, 6.07) is 4.24. The average Bonchev–Trinajstić information content (AvgIpc) is 3.18. The molecule has 0 aliphatic carbocycles. The van der Waals surface area contributed by atoms with Crippen LogP contribution in [0.3, 0.4) is 0 Å². The molecule has 3 aromatic rings. The van der Waals surface area contributed by atoms with Crippen LogP contribution in [0.25, 0.3) is 0 Å². The monoisotopic (exact) mass is 397 g/mol. The number of aromatic nitrogens is 4. The maximum Gasteiger partial charge on any atom is 0.276 e. The lowest BCUT2D eigenvalue weighted by Crippen LogP contribution is -2.21. The van der Waals surface area contributed by atoms with Gasteiger partial charge in [0.2, 0.25) is 0 Å². The second-order valence-corrected chi connectivity index (χ2v) is 6.41. The summed E-state index contributed by atoms with van der Waals surface area (Å²) in [5, 5.41) is 24.6. The molecule has 0 radical (unpaired) electrons. The van der Waals surface area contributed by atoms with Crippen molar-refractivity contribution < 1.29 is 14.5 Å². The molecule has 0 saturated carbocycles. The van der Waals surface area contributed by atoms with Crippen LogP contribution >= 0.6 is 0 Å². The van der Waals surface area contributed by atoms with Gasteiger partial charge in [0.1, 0.15) is 5.69 Å². The number of benzene rings is 1. The molecular weight excluding hydrogens is 378 g/mol. The molecule has 2 N–H and O–H groups in total. The van der Waals surface area contributed by atoms with E-state index in [2.05, 4.69) is 20.8 Å². The Morgan fingerprint density at radius 1 is 1.00 bits per heavy atom. The van der Waals surface area contributed by atoms with E-state index in [4.69, 9.17) is 0 Å². The first-order valence-electron chi connectivity index (χ1n) is 8.58. The number of carbonyl (C=O) groups is 2. The molecule has 2 heterocycles. The van der Waals surface area contributed by atoms with Gasteiger partial charge in [-0.15, -0.1) is 0 Å². The fraction of sp³-hybridized carbons (Fsp3) is 0.222. The third kappa shape index (κ3) is 3.70. The van der Waals surface area contributed by atoms with E-state index in [0.29, 0.717) is 5.69 Å². The summed E-state index contributed by atoms with van der Waals surface area (Å²) in [5.41, 5.74) is 1.82. The Bertz CT molecular complexity index is 1130. The molecule has 3 rings (SSSR count). The maximum atomic E-state index is 12.8. The molecule has 0 unspecified atom stereocenters. The van der Waals surface area contributed by atoms with Gasteiger partial charge in [-0.2, -0.15) is 10.2 Å². The van der Waals surface area contributed by atoms with Gasteiger partial charge in [-0.3, -0.25) is 29.1 Å². The van der Waals surface area contributed by atoms with Crippen molar-refractivity contribution >= 4 is 28.9 Å². The number of nitro groups is 1. The van der Waals surface area contributed by atoms with Crippen molar-refractivity contribution in [2.24, 2.45) is 14.1 Å². The van der Waals surface area contributed by atoms with Crippen LogP contribution in [0.4, 0.5) is 17.1 Å². The minimum absolute atomic E-state index is 0.129. The van der Waals surface area contributed by atoms with Crippen LogP contribution in [0, 0.1) is 24.0 Å². The number of anilines is 2. The van der Waals surface area contributed by atoms with Gasteiger partial charge in [-0.1, -0.05) is 6.07 Å². The van der Waals surface area contributed by atoms with Crippen LogP contribution < -0.4 is 10.6 Å². The number of hydrogen-bond acceptors (Lipinski definition) is 6. The SMILES string of the molecule is Cc1c(C(=O)Nc2cnn(C)c2C(=O)Nc2cnn(C)c2C)cccc1[N+](=O)[O-]. The van der Waals surface area contributed by atoms with Crippen LogP contribution in [0.5, 0.6) is 0 Å². The molecule has 0 saturated heterocycles. The van der Waals surface area contributed by atoms with Gasteiger partial charge in [-0.25, -0.2) is 0 Å². The molecule has 29 heavy (non-hydrogen) atoms. The van der Waals surface area contributed by atoms with E-state index in [-0.39, 0.29) is 28.2 Å². The third-order valence-electron chi connectivity index (χ3n) is 4.63. The van der Waals surface area contributed by atoms with Crippen LogP contribution in [-0.4, -0.2) is 36.3 Å². The highest BCUT2D eigenvalue weighted by Crippen LogP contribution is 2.23. The fourth-order valence-electron chi connectivity index (χ4n) is 2.86. The summed E-state index contributed by atoms with van der Waals surface area (Å²) >= 11 is 0. The smallest absolute Gasteiger partial charge is 0.276 e. The number of nitro benzene ring substituents is 1. The number of nitrogens with one attached hydrogen (secondary N) is 2. The number of rotatable bonds is 5. The fourth-order valence-corrected chi connectivity index (χ4v) is 2.86. The number of hydrogen-bond donors (Lipinski definition) is 2. The largest absolute Gasteiger partial charge is 0.319 e. The predicted molar refractivity (Wildman–Crippen MR) is 105 cm³/mol. The van der Waals surface area contributed by atoms with Crippen molar-refractivity contribution in [3.05, 3.63) is 63.2 Å². The van der Waals surface area contributed by atoms with Crippen molar-refractivity contribution in [2.45, 2.75) is 13.8 Å². The van der Waals surface area contributed by atoms with Crippen LogP contribution in [0.1, 0.15) is 32.1 Å². The van der Waals surface area contributed by atoms with Crippen molar-refractivity contribution in [1.82, 2.24) is 19.6 Å². The maximum absolute atomic E-state index is 12.8. The first kappa shape index (κ1) is 19.7. The first-order valence-corrected chi connectivity index (χ1v) is 8.58. The quantitative estimate of drug-likeness (QED) is 0.500. The number of carbonyl (C=O) groups excluding carboxylic acids is 2. The lowest BCUT2D eigenvalue weighted by molar-refractivity contribution is -0.385. The zero-order valence-electron chi connectivity index (χ0n) is 16.3. The third-order valence-corrected chi connectivity index (χ3v) is 4.63. The van der Waals surface area contributed by atoms with E-state index in [9.17, 15) is 19.7 Å². The van der Waals surface area contributed by atoms with E-state index < -0.39 is 16.7 Å². The zero-order chi connectivity index (χ0) is 21.3. The van der Waals surface area contributed by atoms with Gasteiger partial charge in [0.25, 0.3) is 17.5 Å². The predicted octanol–water partition coefficient (Wildman–Crippen LogP) is 2.18. The lowest BCUT2D eigenvalue weighted by Gasteiger charge is -2.10. The van der Waals surface area contributed by atoms with E-state index in [1.54, 1.807) is 25.7 Å². The van der Waals surface area contributed by atoms with E-state index in [0.717, 1.165) is 5.69 Å². The van der Waals surface area contributed by atoms with Gasteiger partial charge in [-0.05, 0) is 19.9 Å². The van der Waals surface area contributed by atoms with Crippen molar-refractivity contribution in [2.75, 3.05) is 10.6 Å². The Kier molecular flexibility index (Phi) is 5.13. The summed E-state index contributed by atoms with van der Waals surface area (Å²) in [7, 11) is 3.32. The summed E-state index contributed by atoms with van der Waals surface area (Å²) in [5.74, 6) is -1.06. The second-order valence-electron chi connectivity index (χ2n) is 6.41. The summed E-state index contributed by atoms with van der Waals surface area (Å²) in [6.07, 6.45) is 2.86. The Morgan fingerprint density at radius 3 is 2.24 bits per heavy atom. The molecule has 0 fully saturated rings. The second kappa shape index (κ2) is 7.54. The summed E-state index contributed by atoms with van der Waals surface area (Å²) < 4.78 is 2.95. The number of nitrogens with zero attached hydrogens (tertiary/aromatic N) is 5. The van der Waals surface area contributed by atoms with E-state index in [1.807, 2.05) is 0 Å². The van der Waals surface area contributed by atoms with Crippen molar-refractivity contribution in [3.8, 4) is 0 Å². The van der Waals surface area contributed by atoms with E-state index >= 15 is 0 Å². The highest BCUT2D eigenvalue weighted by Gasteiger charge is 2.23. The van der Waals surface area contributed by atoms with Gasteiger partial charge < -0.3 is 10.6 Å². The van der Waals surface area contributed by atoms with Gasteiger partial charge in [0.05, 0.1) is 34.4 Å². The molecule has 0 aliphatic rings. The van der Waals surface area contributed by atoms with E-state index in [1.165, 1.54) is 42.2 Å². The minimum atomic E-state index is -0.578. The number of aryl methyl sites for hydroxylation is 2. The molecule has 150 valence electrons. The highest BCUT2D eigenvalue weighted by atomic mass is 16.6. The molecule has 0 bridgehead atoms. The molecular formula is C18H19N7O4. The average molecular weight is 397 g/mol. The standard InChI is InChI=1S/C18H19N7O4/c1-10-12(6-5-7-15(10)25(28)29)17(26)22-14-9-20-24(4)16(14)18(27)21-13-8-19-23(3)11(13)2/h5-9H,1-4H3,(H,21,27)(H,22,26). The van der Waals surface area contributed by atoms with Crippen LogP contribution in [0.2, 0.25) is 0 Å². The molecule has 0 spiro atoms. The lowest BCUT2D eigenvalue weighted by atomic mass is 10.1. The molecule has 2 aromatic heterocycles. The Morgan fingerprint density at radius 2 is 1.62 bits per heavy atom. The Labute approximate surface area is 165 Å². The summed E-state index contributed by atoms with van der Waals surface area (Å²) in [4.78, 5) is 36.0. The summed E-state index contributed by atoms with van der Waals surface area (Å²) in [6.45, 7) is 3.30.